The zero-order valence-electron chi connectivity index (χ0n) is 9.96. The van der Waals surface area contributed by atoms with Gasteiger partial charge in [-0.1, -0.05) is 13.3 Å². The molecule has 0 aromatic heterocycles. The van der Waals surface area contributed by atoms with E-state index in [4.69, 9.17) is 0 Å². The minimum absolute atomic E-state index is 0.0545. The molecule has 4 nitrogen and oxygen atoms in total. The Balaban J connectivity index is 2.78. The number of halogens is 1. The van der Waals surface area contributed by atoms with Crippen molar-refractivity contribution in [2.45, 2.75) is 19.8 Å². The van der Waals surface area contributed by atoms with Crippen LogP contribution in [0.15, 0.2) is 18.2 Å². The summed E-state index contributed by atoms with van der Waals surface area (Å²) >= 11 is 0. The SMILES string of the molecule is CCCCS(=O)(=O)Nc1ccc(NC)c(F)c1. The van der Waals surface area contributed by atoms with Crippen LogP contribution in [0, 0.1) is 5.82 Å². The number of rotatable bonds is 6. The van der Waals surface area contributed by atoms with E-state index < -0.39 is 15.8 Å². The van der Waals surface area contributed by atoms with Crippen LogP contribution in [-0.2, 0) is 10.0 Å². The van der Waals surface area contributed by atoms with E-state index in [0.29, 0.717) is 12.1 Å². The van der Waals surface area contributed by atoms with Crippen LogP contribution in [0.3, 0.4) is 0 Å². The molecule has 1 aromatic carbocycles. The second-order valence-corrected chi connectivity index (χ2v) is 5.56. The molecule has 0 saturated heterocycles. The topological polar surface area (TPSA) is 58.2 Å². The molecule has 2 N–H and O–H groups in total. The van der Waals surface area contributed by atoms with Crippen LogP contribution in [0.4, 0.5) is 15.8 Å². The fourth-order valence-electron chi connectivity index (χ4n) is 1.35. The third-order valence-electron chi connectivity index (χ3n) is 2.28. The van der Waals surface area contributed by atoms with Gasteiger partial charge < -0.3 is 5.32 Å². The lowest BCUT2D eigenvalue weighted by Crippen LogP contribution is -2.16. The molecule has 0 radical (unpaired) electrons. The van der Waals surface area contributed by atoms with Crippen LogP contribution in [-0.4, -0.2) is 21.2 Å². The molecule has 0 unspecified atom stereocenters. The van der Waals surface area contributed by atoms with Gasteiger partial charge in [-0.25, -0.2) is 12.8 Å². The highest BCUT2D eigenvalue weighted by Crippen LogP contribution is 2.19. The van der Waals surface area contributed by atoms with Crippen molar-refractivity contribution >= 4 is 21.4 Å². The van der Waals surface area contributed by atoms with Gasteiger partial charge in [0.1, 0.15) is 5.82 Å². The Hall–Kier alpha value is -1.30. The summed E-state index contributed by atoms with van der Waals surface area (Å²) in [7, 11) is -1.77. The van der Waals surface area contributed by atoms with Crippen molar-refractivity contribution in [1.82, 2.24) is 0 Å². The van der Waals surface area contributed by atoms with Crippen LogP contribution < -0.4 is 10.0 Å². The van der Waals surface area contributed by atoms with Gasteiger partial charge in [0, 0.05) is 13.1 Å². The van der Waals surface area contributed by atoms with Crippen molar-refractivity contribution in [3.8, 4) is 0 Å². The summed E-state index contributed by atoms with van der Waals surface area (Å²) in [5.74, 6) is -0.429. The third kappa shape index (κ3) is 4.22. The number of anilines is 2. The molecule has 0 saturated carbocycles. The predicted octanol–water partition coefficient (Wildman–Crippen LogP) is 2.41. The lowest BCUT2D eigenvalue weighted by atomic mass is 10.3. The van der Waals surface area contributed by atoms with Gasteiger partial charge >= 0.3 is 0 Å². The minimum atomic E-state index is -3.37. The normalized spacial score (nSPS) is 11.2. The van der Waals surface area contributed by atoms with E-state index in [1.165, 1.54) is 12.1 Å². The zero-order chi connectivity index (χ0) is 12.9. The highest BCUT2D eigenvalue weighted by Gasteiger charge is 2.10. The average Bonchev–Trinajstić information content (AvgIpc) is 2.26. The van der Waals surface area contributed by atoms with E-state index in [1.807, 2.05) is 6.92 Å². The van der Waals surface area contributed by atoms with Crippen molar-refractivity contribution in [1.29, 1.82) is 0 Å². The van der Waals surface area contributed by atoms with Crippen LogP contribution in [0.2, 0.25) is 0 Å². The lowest BCUT2D eigenvalue weighted by Gasteiger charge is -2.09. The average molecular weight is 260 g/mol. The fourth-order valence-corrected chi connectivity index (χ4v) is 2.60. The molecule has 0 spiro atoms. The maximum Gasteiger partial charge on any atom is 0.232 e. The maximum absolute atomic E-state index is 13.4. The first kappa shape index (κ1) is 13.8. The number of sulfonamides is 1. The van der Waals surface area contributed by atoms with E-state index >= 15 is 0 Å². The summed E-state index contributed by atoms with van der Waals surface area (Å²) in [6, 6.07) is 4.18. The highest BCUT2D eigenvalue weighted by molar-refractivity contribution is 7.92. The monoisotopic (exact) mass is 260 g/mol. The molecule has 0 atom stereocenters. The van der Waals surface area contributed by atoms with Gasteiger partial charge in [-0.15, -0.1) is 0 Å². The predicted molar refractivity (Wildman–Crippen MR) is 68.3 cm³/mol. The van der Waals surface area contributed by atoms with Gasteiger partial charge in [0.2, 0.25) is 10.0 Å². The van der Waals surface area contributed by atoms with Gasteiger partial charge in [0.05, 0.1) is 17.1 Å². The second kappa shape index (κ2) is 5.86. The molecule has 0 aliphatic rings. The Morgan fingerprint density at radius 3 is 2.59 bits per heavy atom. The van der Waals surface area contributed by atoms with E-state index in [0.717, 1.165) is 12.5 Å². The Kier molecular flexibility index (Phi) is 4.74. The second-order valence-electron chi connectivity index (χ2n) is 3.72. The number of unbranched alkanes of at least 4 members (excludes halogenated alkanes) is 1. The highest BCUT2D eigenvalue weighted by atomic mass is 32.2. The smallest absolute Gasteiger partial charge is 0.232 e. The van der Waals surface area contributed by atoms with Crippen molar-refractivity contribution in [2.75, 3.05) is 22.8 Å². The molecule has 0 amide bonds. The van der Waals surface area contributed by atoms with E-state index in [2.05, 4.69) is 10.0 Å². The summed E-state index contributed by atoms with van der Waals surface area (Å²) in [5.41, 5.74) is 0.583. The van der Waals surface area contributed by atoms with Crippen molar-refractivity contribution in [2.24, 2.45) is 0 Å². The van der Waals surface area contributed by atoms with Gasteiger partial charge in [0.25, 0.3) is 0 Å². The molecule has 0 bridgehead atoms. The number of hydrogen-bond donors (Lipinski definition) is 2. The molecule has 6 heteroatoms. The zero-order valence-corrected chi connectivity index (χ0v) is 10.8. The van der Waals surface area contributed by atoms with Gasteiger partial charge in [-0.3, -0.25) is 4.72 Å². The summed E-state index contributed by atoms with van der Waals surface area (Å²) in [5, 5.41) is 2.67. The van der Waals surface area contributed by atoms with Gasteiger partial charge in [0.15, 0.2) is 0 Å². The Bertz CT molecular complexity index is 474. The van der Waals surface area contributed by atoms with Crippen LogP contribution in [0.5, 0.6) is 0 Å². The van der Waals surface area contributed by atoms with E-state index in [-0.39, 0.29) is 11.4 Å². The quantitative estimate of drug-likeness (QED) is 0.825. The number of benzene rings is 1. The fraction of sp³-hybridized carbons (Fsp3) is 0.455. The van der Waals surface area contributed by atoms with Gasteiger partial charge in [-0.2, -0.15) is 0 Å². The molecule has 0 aliphatic carbocycles. The first-order valence-corrected chi connectivity index (χ1v) is 7.11. The molecular weight excluding hydrogens is 243 g/mol. The molecule has 96 valence electrons. The number of hydrogen-bond acceptors (Lipinski definition) is 3. The molecular formula is C11H17FN2O2S. The largest absolute Gasteiger partial charge is 0.386 e. The summed E-state index contributed by atoms with van der Waals surface area (Å²) in [6.45, 7) is 1.91. The Morgan fingerprint density at radius 2 is 2.06 bits per heavy atom. The van der Waals surface area contributed by atoms with E-state index in [1.54, 1.807) is 7.05 Å². The number of nitrogens with one attached hydrogen (secondary N) is 2. The third-order valence-corrected chi connectivity index (χ3v) is 3.65. The Morgan fingerprint density at radius 1 is 1.35 bits per heavy atom. The van der Waals surface area contributed by atoms with Crippen LogP contribution >= 0.6 is 0 Å². The Labute approximate surface area is 101 Å². The maximum atomic E-state index is 13.4. The standard InChI is InChI=1S/C11H17FN2O2S/c1-3-4-7-17(15,16)14-9-5-6-11(13-2)10(12)8-9/h5-6,8,13-14H,3-4,7H2,1-2H3. The molecule has 17 heavy (non-hydrogen) atoms. The van der Waals surface area contributed by atoms with Crippen molar-refractivity contribution < 1.29 is 12.8 Å². The molecule has 0 heterocycles. The lowest BCUT2D eigenvalue weighted by molar-refractivity contribution is 0.597. The van der Waals surface area contributed by atoms with Crippen LogP contribution in [0.25, 0.3) is 0 Å². The molecule has 0 aliphatic heterocycles. The van der Waals surface area contributed by atoms with Crippen molar-refractivity contribution in [3.05, 3.63) is 24.0 Å². The summed E-state index contributed by atoms with van der Waals surface area (Å²) < 4.78 is 38.9. The molecule has 0 fully saturated rings. The van der Waals surface area contributed by atoms with Gasteiger partial charge in [-0.05, 0) is 18.6 Å². The first-order valence-electron chi connectivity index (χ1n) is 5.46. The first-order chi connectivity index (χ1) is 7.98. The summed E-state index contributed by atoms with van der Waals surface area (Å²) in [4.78, 5) is 0. The molecule has 1 rings (SSSR count). The minimum Gasteiger partial charge on any atom is -0.386 e. The van der Waals surface area contributed by atoms with Crippen molar-refractivity contribution in [3.63, 3.8) is 0 Å². The molecule has 1 aromatic rings. The summed E-state index contributed by atoms with van der Waals surface area (Å²) in [6.07, 6.45) is 1.39. The van der Waals surface area contributed by atoms with E-state index in [9.17, 15) is 12.8 Å². The van der Waals surface area contributed by atoms with Crippen LogP contribution in [0.1, 0.15) is 19.8 Å².